The summed E-state index contributed by atoms with van der Waals surface area (Å²) in [5.41, 5.74) is 4.11. The van der Waals surface area contributed by atoms with E-state index in [2.05, 4.69) is 51.7 Å². The minimum atomic E-state index is -5.08. The summed E-state index contributed by atoms with van der Waals surface area (Å²) in [7, 11) is 2.87. The van der Waals surface area contributed by atoms with Gasteiger partial charge in [0.25, 0.3) is 5.91 Å². The van der Waals surface area contributed by atoms with Crippen molar-refractivity contribution < 1.29 is 41.0 Å². The third-order valence-corrected chi connectivity index (χ3v) is 10.5. The molecule has 3 N–H and O–H groups in total. The van der Waals surface area contributed by atoms with Crippen LogP contribution in [0.25, 0.3) is 10.3 Å². The molecule has 0 fully saturated rings. The Labute approximate surface area is 288 Å². The molecule has 3 aromatic rings. The number of aryl methyl sites for hydroxylation is 1. The Balaban J connectivity index is 0.000000838. The van der Waals surface area contributed by atoms with Gasteiger partial charge in [0.2, 0.25) is 0 Å². The maximum Gasteiger partial charge on any atom is 0.490 e. The van der Waals surface area contributed by atoms with E-state index in [9.17, 15) is 26.4 Å². The number of hydrogen-bond acceptors (Lipinski definition) is 10. The Hall–Kier alpha value is -3.45. The molecule has 3 heterocycles. The molecule has 0 radical (unpaired) electrons. The molecule has 0 spiro atoms. The molecule has 1 aliphatic rings. The number of pyridine rings is 2. The number of carboxylic acids is 1. The van der Waals surface area contributed by atoms with E-state index in [-0.39, 0.29) is 23.2 Å². The van der Waals surface area contributed by atoms with E-state index < -0.39 is 22.4 Å². The van der Waals surface area contributed by atoms with Crippen LogP contribution in [0.15, 0.2) is 24.4 Å². The summed E-state index contributed by atoms with van der Waals surface area (Å²) in [5.74, 6) is -2.24. The van der Waals surface area contributed by atoms with Crippen molar-refractivity contribution in [3.05, 3.63) is 46.2 Å². The smallest absolute Gasteiger partial charge is 0.475 e. The maximum atomic E-state index is 13.5. The van der Waals surface area contributed by atoms with Gasteiger partial charge >= 0.3 is 22.4 Å². The van der Waals surface area contributed by atoms with Crippen LogP contribution in [0, 0.1) is 11.3 Å². The number of ether oxygens (including phenoxy) is 1. The third-order valence-electron chi connectivity index (χ3n) is 8.09. The number of methoxy groups -OCH3 is 1. The SMILES string of the molecule is COCCN(C)CC[C@@H](NC(=O)c1nc2cc3c(nc2s1)CC[C@H](C(C)(C)C)C3)c1ccc(NS(=O)(=O)N(C)C)nc1.O=C(O)C(F)(F)F. The van der Waals surface area contributed by atoms with E-state index in [1.807, 2.05) is 7.05 Å². The highest BCUT2D eigenvalue weighted by Crippen LogP contribution is 2.38. The first-order valence-electron chi connectivity index (χ1n) is 15.4. The van der Waals surface area contributed by atoms with Crippen LogP contribution in [0.4, 0.5) is 19.0 Å². The van der Waals surface area contributed by atoms with Gasteiger partial charge in [-0.15, -0.1) is 0 Å². The number of nitrogens with zero attached hydrogens (tertiary/aromatic N) is 5. The average Bonchev–Trinajstić information content (AvgIpc) is 3.43. The molecule has 0 aromatic carbocycles. The molecule has 0 saturated carbocycles. The fourth-order valence-electron chi connectivity index (χ4n) is 4.99. The zero-order valence-electron chi connectivity index (χ0n) is 28.6. The molecule has 4 rings (SSSR count). The van der Waals surface area contributed by atoms with Crippen molar-refractivity contribution in [1.29, 1.82) is 0 Å². The number of carbonyl (C=O) groups is 2. The van der Waals surface area contributed by atoms with Gasteiger partial charge in [0.1, 0.15) is 16.2 Å². The van der Waals surface area contributed by atoms with Crippen LogP contribution in [0.5, 0.6) is 0 Å². The van der Waals surface area contributed by atoms with Crippen molar-refractivity contribution >= 4 is 49.6 Å². The highest BCUT2D eigenvalue weighted by Gasteiger charge is 2.38. The molecule has 18 heteroatoms. The molecule has 0 bridgehead atoms. The lowest BCUT2D eigenvalue weighted by Crippen LogP contribution is -2.32. The number of aliphatic carboxylic acids is 1. The summed E-state index contributed by atoms with van der Waals surface area (Å²) < 4.78 is 64.8. The highest BCUT2D eigenvalue weighted by atomic mass is 32.2. The van der Waals surface area contributed by atoms with Gasteiger partial charge in [-0.1, -0.05) is 38.2 Å². The lowest BCUT2D eigenvalue weighted by Gasteiger charge is -2.34. The molecule has 49 heavy (non-hydrogen) atoms. The molecule has 3 aromatic heterocycles. The lowest BCUT2D eigenvalue weighted by atomic mass is 9.71. The summed E-state index contributed by atoms with van der Waals surface area (Å²) in [4.78, 5) is 39.2. The van der Waals surface area contributed by atoms with E-state index in [0.29, 0.717) is 30.5 Å². The second kappa shape index (κ2) is 16.5. The minimum Gasteiger partial charge on any atom is -0.475 e. The molecule has 0 aliphatic heterocycles. The number of nitrogens with one attached hydrogen (secondary N) is 2. The summed E-state index contributed by atoms with van der Waals surface area (Å²) in [6, 6.07) is 5.12. The number of thiazole rings is 1. The number of halogens is 3. The molecule has 1 aliphatic carbocycles. The van der Waals surface area contributed by atoms with Gasteiger partial charge in [0.15, 0.2) is 5.01 Å². The quantitative estimate of drug-likeness (QED) is 0.241. The van der Waals surface area contributed by atoms with Crippen molar-refractivity contribution in [3.8, 4) is 0 Å². The fourth-order valence-corrected chi connectivity index (χ4v) is 6.41. The Morgan fingerprint density at radius 2 is 1.82 bits per heavy atom. The zero-order valence-corrected chi connectivity index (χ0v) is 30.2. The first-order valence-corrected chi connectivity index (χ1v) is 17.7. The van der Waals surface area contributed by atoms with E-state index in [1.54, 1.807) is 25.4 Å². The Morgan fingerprint density at radius 1 is 1.14 bits per heavy atom. The van der Waals surface area contributed by atoms with Gasteiger partial charge in [0, 0.05) is 46.2 Å². The molecule has 0 saturated heterocycles. The average molecular weight is 732 g/mol. The van der Waals surface area contributed by atoms with E-state index in [0.717, 1.165) is 51.7 Å². The van der Waals surface area contributed by atoms with E-state index in [4.69, 9.17) is 19.6 Å². The van der Waals surface area contributed by atoms with Crippen LogP contribution in [0.2, 0.25) is 0 Å². The molecule has 2 atom stereocenters. The standard InChI is InChI=1S/C29H43N7O4S2.C2HF3O2/c1-29(2,3)21-9-10-22-20(16-21)17-24-27(32-22)41-28(33-24)26(37)31-23(12-13-36(6)14-15-40-7)19-8-11-25(30-18-19)34-42(38,39)35(4)5;3-2(4,5)1(6)7/h8,11,17-18,21,23H,9-10,12-16H2,1-7H3,(H,30,34)(H,31,37);(H,6,7)/t21-,23+;/m0./s1. The molecule has 272 valence electrons. The molecular weight excluding hydrogens is 688 g/mol. The zero-order chi connectivity index (χ0) is 36.7. The number of fused-ring (bicyclic) bond motifs is 2. The monoisotopic (exact) mass is 731 g/mol. The number of aromatic nitrogens is 3. The summed E-state index contributed by atoms with van der Waals surface area (Å²) in [6.07, 6.45) is 0.159. The Kier molecular flexibility index (Phi) is 13.5. The van der Waals surface area contributed by atoms with Crippen LogP contribution < -0.4 is 10.0 Å². The number of carbonyl (C=O) groups excluding carboxylic acids is 1. The summed E-state index contributed by atoms with van der Waals surface area (Å²) in [6.45, 7) is 8.93. The van der Waals surface area contributed by atoms with Crippen molar-refractivity contribution in [2.24, 2.45) is 11.3 Å². The number of likely N-dealkylation sites (N-methyl/N-ethyl adjacent to an activating group) is 1. The predicted molar refractivity (Wildman–Crippen MR) is 181 cm³/mol. The van der Waals surface area contributed by atoms with Gasteiger partial charge in [-0.25, -0.2) is 19.7 Å². The van der Waals surface area contributed by atoms with Crippen LogP contribution in [-0.4, -0.2) is 104 Å². The van der Waals surface area contributed by atoms with Crippen LogP contribution in [0.3, 0.4) is 0 Å². The largest absolute Gasteiger partial charge is 0.490 e. The number of hydrogen-bond donors (Lipinski definition) is 3. The van der Waals surface area contributed by atoms with Crippen molar-refractivity contribution in [2.45, 2.75) is 58.7 Å². The van der Waals surface area contributed by atoms with Crippen molar-refractivity contribution in [3.63, 3.8) is 0 Å². The van der Waals surface area contributed by atoms with E-state index in [1.165, 1.54) is 31.0 Å². The van der Waals surface area contributed by atoms with Crippen molar-refractivity contribution in [2.75, 3.05) is 52.7 Å². The highest BCUT2D eigenvalue weighted by molar-refractivity contribution is 7.90. The Morgan fingerprint density at radius 3 is 2.37 bits per heavy atom. The van der Waals surface area contributed by atoms with Gasteiger partial charge in [-0.3, -0.25) is 9.52 Å². The normalized spacial score (nSPS) is 15.8. The molecule has 13 nitrogen and oxygen atoms in total. The number of anilines is 1. The Bertz CT molecular complexity index is 1690. The lowest BCUT2D eigenvalue weighted by molar-refractivity contribution is -0.192. The number of alkyl halides is 3. The number of carboxylic acid groups (broad SMARTS) is 1. The van der Waals surface area contributed by atoms with Gasteiger partial charge in [-0.05, 0) is 67.3 Å². The molecule has 0 unspecified atom stereocenters. The topological polar surface area (TPSA) is 167 Å². The second-order valence-corrected chi connectivity index (χ2v) is 15.9. The maximum absolute atomic E-state index is 13.5. The summed E-state index contributed by atoms with van der Waals surface area (Å²) in [5, 5.41) is 10.6. The minimum absolute atomic E-state index is 0.199. The molecule has 1 amide bonds. The third kappa shape index (κ3) is 11.6. The first kappa shape index (κ1) is 40.0. The van der Waals surface area contributed by atoms with Crippen LogP contribution in [0.1, 0.15) is 66.3 Å². The summed E-state index contributed by atoms with van der Waals surface area (Å²) >= 11 is 1.31. The predicted octanol–water partition coefficient (Wildman–Crippen LogP) is 4.53. The number of amides is 1. The van der Waals surface area contributed by atoms with E-state index >= 15 is 0 Å². The molecular formula is C31H44F3N7O6S2. The second-order valence-electron chi connectivity index (χ2n) is 13.0. The number of rotatable bonds is 12. The van der Waals surface area contributed by atoms with Crippen LogP contribution in [-0.2, 0) is 32.6 Å². The first-order chi connectivity index (χ1) is 22.7. The fraction of sp³-hybridized carbons (Fsp3) is 0.581. The van der Waals surface area contributed by atoms with Gasteiger partial charge in [0.05, 0.1) is 12.6 Å². The van der Waals surface area contributed by atoms with Crippen LogP contribution >= 0.6 is 11.3 Å². The van der Waals surface area contributed by atoms with Gasteiger partial charge in [-0.2, -0.15) is 25.9 Å². The van der Waals surface area contributed by atoms with Gasteiger partial charge < -0.3 is 20.1 Å². The van der Waals surface area contributed by atoms with Crippen molar-refractivity contribution in [1.82, 2.24) is 29.5 Å².